The number of Topliss-reactive ketones (excluding diaryl/α,β-unsaturated/α-hetero) is 1. The minimum Gasteiger partial charge on any atom is -0.496 e. The average Bonchev–Trinajstić information content (AvgIpc) is 2.79. The van der Waals surface area contributed by atoms with Gasteiger partial charge in [0, 0.05) is 18.3 Å². The molecular weight excluding hydrogens is 256 g/mol. The summed E-state index contributed by atoms with van der Waals surface area (Å²) >= 11 is 0. The molecule has 0 radical (unpaired) electrons. The molecule has 20 heavy (non-hydrogen) atoms. The third-order valence-corrected chi connectivity index (χ3v) is 4.19. The van der Waals surface area contributed by atoms with Gasteiger partial charge in [0.2, 0.25) is 0 Å². The van der Waals surface area contributed by atoms with Crippen LogP contribution >= 0.6 is 0 Å². The first-order chi connectivity index (χ1) is 9.57. The van der Waals surface area contributed by atoms with Crippen LogP contribution in [0.25, 0.3) is 0 Å². The van der Waals surface area contributed by atoms with Gasteiger partial charge in [-0.2, -0.15) is 0 Å². The highest BCUT2D eigenvalue weighted by atomic mass is 16.5. The lowest BCUT2D eigenvalue weighted by atomic mass is 9.75. The lowest BCUT2D eigenvalue weighted by Gasteiger charge is -2.27. The molecule has 1 aromatic carbocycles. The molecule has 0 saturated heterocycles. The minimum atomic E-state index is -0.843. The Morgan fingerprint density at radius 1 is 1.40 bits per heavy atom. The monoisotopic (exact) mass is 276 g/mol. The Hall–Kier alpha value is -1.84. The Labute approximate surface area is 118 Å². The molecule has 1 atom stereocenters. The van der Waals surface area contributed by atoms with Gasteiger partial charge in [0.05, 0.1) is 7.11 Å². The highest BCUT2D eigenvalue weighted by Gasteiger charge is 2.42. The van der Waals surface area contributed by atoms with Crippen LogP contribution in [0.15, 0.2) is 24.3 Å². The zero-order chi connectivity index (χ0) is 14.6. The van der Waals surface area contributed by atoms with E-state index in [0.29, 0.717) is 19.3 Å². The van der Waals surface area contributed by atoms with E-state index in [9.17, 15) is 9.59 Å². The quantitative estimate of drug-likeness (QED) is 0.867. The van der Waals surface area contributed by atoms with Gasteiger partial charge in [-0.05, 0) is 37.3 Å². The van der Waals surface area contributed by atoms with Crippen molar-refractivity contribution in [2.45, 2.75) is 38.5 Å². The number of carboxylic acids is 1. The summed E-state index contributed by atoms with van der Waals surface area (Å²) in [6.07, 6.45) is 3.22. The van der Waals surface area contributed by atoms with E-state index in [2.05, 4.69) is 0 Å². The molecule has 1 aliphatic carbocycles. The van der Waals surface area contributed by atoms with E-state index in [1.54, 1.807) is 7.11 Å². The second kappa shape index (κ2) is 6.07. The van der Waals surface area contributed by atoms with Gasteiger partial charge < -0.3 is 9.84 Å². The van der Waals surface area contributed by atoms with E-state index in [4.69, 9.17) is 9.84 Å². The second-order valence-electron chi connectivity index (χ2n) is 5.44. The Balaban J connectivity index is 2.24. The number of ether oxygens (including phenoxy) is 1. The number of rotatable bonds is 6. The van der Waals surface area contributed by atoms with Gasteiger partial charge in [0.15, 0.2) is 0 Å². The number of hydrogen-bond donors (Lipinski definition) is 1. The molecule has 1 unspecified atom stereocenters. The van der Waals surface area contributed by atoms with Gasteiger partial charge >= 0.3 is 5.97 Å². The fraction of sp³-hybridized carbons (Fsp3) is 0.500. The smallest absolute Gasteiger partial charge is 0.303 e. The maximum atomic E-state index is 12.3. The van der Waals surface area contributed by atoms with Crippen LogP contribution in [0.2, 0.25) is 0 Å². The van der Waals surface area contributed by atoms with Crippen LogP contribution in [0.3, 0.4) is 0 Å². The lowest BCUT2D eigenvalue weighted by Crippen LogP contribution is -2.29. The number of carboxylic acid groups (broad SMARTS) is 1. The molecule has 0 aromatic heterocycles. The fourth-order valence-electron chi connectivity index (χ4n) is 3.09. The van der Waals surface area contributed by atoms with Crippen LogP contribution in [0, 0.1) is 5.41 Å². The summed E-state index contributed by atoms with van der Waals surface area (Å²) in [4.78, 5) is 23.1. The molecule has 1 fully saturated rings. The predicted molar refractivity (Wildman–Crippen MR) is 74.9 cm³/mol. The average molecular weight is 276 g/mol. The molecule has 2 rings (SSSR count). The minimum absolute atomic E-state index is 0.0425. The first-order valence-corrected chi connectivity index (χ1v) is 6.94. The van der Waals surface area contributed by atoms with Gasteiger partial charge in [0.1, 0.15) is 11.5 Å². The van der Waals surface area contributed by atoms with E-state index in [1.807, 2.05) is 24.3 Å². The largest absolute Gasteiger partial charge is 0.496 e. The van der Waals surface area contributed by atoms with Crippen molar-refractivity contribution in [1.29, 1.82) is 0 Å². The van der Waals surface area contributed by atoms with Crippen molar-refractivity contribution in [3.63, 3.8) is 0 Å². The molecular formula is C16H20O4. The van der Waals surface area contributed by atoms with Crippen molar-refractivity contribution in [2.24, 2.45) is 5.41 Å². The normalized spacial score (nSPS) is 21.9. The number of methoxy groups -OCH3 is 1. The zero-order valence-electron chi connectivity index (χ0n) is 11.7. The molecule has 1 N–H and O–H groups in total. The van der Waals surface area contributed by atoms with E-state index in [1.165, 1.54) is 0 Å². The first kappa shape index (κ1) is 14.6. The number of carbonyl (C=O) groups is 2. The predicted octanol–water partition coefficient (Wildman–Crippen LogP) is 2.84. The van der Waals surface area contributed by atoms with Gasteiger partial charge in [-0.3, -0.25) is 9.59 Å². The van der Waals surface area contributed by atoms with Crippen LogP contribution < -0.4 is 4.74 Å². The third kappa shape index (κ3) is 3.00. The maximum Gasteiger partial charge on any atom is 0.303 e. The third-order valence-electron chi connectivity index (χ3n) is 4.19. The Kier molecular flexibility index (Phi) is 4.42. The molecule has 1 aliphatic rings. The lowest BCUT2D eigenvalue weighted by molar-refractivity contribution is -0.138. The summed E-state index contributed by atoms with van der Waals surface area (Å²) in [6, 6.07) is 7.64. The first-order valence-electron chi connectivity index (χ1n) is 6.94. The molecule has 108 valence electrons. The molecule has 0 bridgehead atoms. The van der Waals surface area contributed by atoms with Crippen molar-refractivity contribution in [1.82, 2.24) is 0 Å². The highest BCUT2D eigenvalue weighted by molar-refractivity contribution is 5.87. The number of hydrogen-bond acceptors (Lipinski definition) is 3. The summed E-state index contributed by atoms with van der Waals surface area (Å²) in [5.74, 6) is 0.121. The van der Waals surface area contributed by atoms with Crippen LogP contribution in [0.1, 0.15) is 37.7 Å². The summed E-state index contributed by atoms with van der Waals surface area (Å²) < 4.78 is 5.33. The highest BCUT2D eigenvalue weighted by Crippen LogP contribution is 2.43. The number of aliphatic carboxylic acids is 1. The number of ketones is 1. The van der Waals surface area contributed by atoms with Crippen LogP contribution in [-0.2, 0) is 16.0 Å². The summed E-state index contributed by atoms with van der Waals surface area (Å²) in [7, 11) is 1.61. The van der Waals surface area contributed by atoms with Crippen LogP contribution in [0.4, 0.5) is 0 Å². The SMILES string of the molecule is COc1ccccc1CC1(CCC(=O)O)CCCC1=O. The molecule has 4 nitrogen and oxygen atoms in total. The fourth-order valence-corrected chi connectivity index (χ4v) is 3.09. The number of carbonyl (C=O) groups excluding carboxylic acids is 1. The van der Waals surface area contributed by atoms with E-state index < -0.39 is 11.4 Å². The van der Waals surface area contributed by atoms with Gasteiger partial charge in [0.25, 0.3) is 0 Å². The van der Waals surface area contributed by atoms with E-state index in [0.717, 1.165) is 24.2 Å². The number of benzene rings is 1. The molecule has 0 spiro atoms. The summed E-state index contributed by atoms with van der Waals surface area (Å²) in [5.41, 5.74) is 0.461. The van der Waals surface area contributed by atoms with Crippen molar-refractivity contribution < 1.29 is 19.4 Å². The molecule has 4 heteroatoms. The van der Waals surface area contributed by atoms with Gasteiger partial charge in [-0.15, -0.1) is 0 Å². The maximum absolute atomic E-state index is 12.3. The van der Waals surface area contributed by atoms with Gasteiger partial charge in [-0.25, -0.2) is 0 Å². The molecule has 1 saturated carbocycles. The number of para-hydroxylation sites is 1. The second-order valence-corrected chi connectivity index (χ2v) is 5.44. The summed E-state index contributed by atoms with van der Waals surface area (Å²) in [6.45, 7) is 0. The van der Waals surface area contributed by atoms with E-state index in [-0.39, 0.29) is 12.2 Å². The van der Waals surface area contributed by atoms with Crippen molar-refractivity contribution in [3.8, 4) is 5.75 Å². The standard InChI is InChI=1S/C16H20O4/c1-20-13-6-3-2-5-12(13)11-16(10-8-15(18)19)9-4-7-14(16)17/h2-3,5-6H,4,7-11H2,1H3,(H,18,19). The molecule has 1 aromatic rings. The van der Waals surface area contributed by atoms with Crippen molar-refractivity contribution in [2.75, 3.05) is 7.11 Å². The Bertz CT molecular complexity index is 509. The Morgan fingerprint density at radius 2 is 2.15 bits per heavy atom. The molecule has 0 amide bonds. The molecule has 0 heterocycles. The topological polar surface area (TPSA) is 63.6 Å². The Morgan fingerprint density at radius 3 is 2.75 bits per heavy atom. The van der Waals surface area contributed by atoms with Crippen LogP contribution in [0.5, 0.6) is 5.75 Å². The summed E-state index contributed by atoms with van der Waals surface area (Å²) in [5, 5.41) is 8.91. The van der Waals surface area contributed by atoms with Crippen molar-refractivity contribution in [3.05, 3.63) is 29.8 Å². The van der Waals surface area contributed by atoms with Crippen LogP contribution in [-0.4, -0.2) is 24.0 Å². The van der Waals surface area contributed by atoms with Gasteiger partial charge in [-0.1, -0.05) is 18.2 Å². The zero-order valence-corrected chi connectivity index (χ0v) is 11.7. The molecule has 0 aliphatic heterocycles. The van der Waals surface area contributed by atoms with E-state index >= 15 is 0 Å². The van der Waals surface area contributed by atoms with Crippen molar-refractivity contribution >= 4 is 11.8 Å².